The van der Waals surface area contributed by atoms with Gasteiger partial charge in [-0.3, -0.25) is 14.3 Å². The van der Waals surface area contributed by atoms with Gasteiger partial charge in [0.2, 0.25) is 0 Å². The van der Waals surface area contributed by atoms with Crippen LogP contribution in [0.5, 0.6) is 5.75 Å². The Morgan fingerprint density at radius 3 is 2.76 bits per heavy atom. The summed E-state index contributed by atoms with van der Waals surface area (Å²) >= 11 is 7.43. The third-order valence-electron chi connectivity index (χ3n) is 5.01. The van der Waals surface area contributed by atoms with Crippen LogP contribution >= 0.6 is 23.4 Å². The molecule has 3 aromatic rings. The summed E-state index contributed by atoms with van der Waals surface area (Å²) in [5.41, 5.74) is -0.343. The molecule has 150 valence electrons. The molecule has 1 aromatic carbocycles. The Hall–Kier alpha value is -2.32. The van der Waals surface area contributed by atoms with Gasteiger partial charge in [0.05, 0.1) is 6.61 Å². The molecule has 2 fully saturated rings. The third kappa shape index (κ3) is 3.91. The fourth-order valence-corrected chi connectivity index (χ4v) is 4.32. The lowest BCUT2D eigenvalue weighted by molar-refractivity contribution is 0.344. The minimum absolute atomic E-state index is 0.118. The summed E-state index contributed by atoms with van der Waals surface area (Å²) in [6.45, 7) is 0.440. The van der Waals surface area contributed by atoms with Crippen LogP contribution in [0, 0.1) is 0 Å². The zero-order valence-corrected chi connectivity index (χ0v) is 17.1. The Labute approximate surface area is 175 Å². The van der Waals surface area contributed by atoms with E-state index in [1.807, 2.05) is 12.1 Å². The Bertz CT molecular complexity index is 1200. The summed E-state index contributed by atoms with van der Waals surface area (Å²) in [4.78, 5) is 36.7. The van der Waals surface area contributed by atoms with Crippen molar-refractivity contribution < 1.29 is 4.74 Å². The number of nitrogens with zero attached hydrogens (tertiary/aromatic N) is 3. The summed E-state index contributed by atoms with van der Waals surface area (Å²) in [5.74, 6) is 2.36. The lowest BCUT2D eigenvalue weighted by atomic mass is 10.3. The molecule has 2 aliphatic rings. The fourth-order valence-electron chi connectivity index (χ4n) is 3.29. The van der Waals surface area contributed by atoms with Gasteiger partial charge in [-0.05, 0) is 43.9 Å². The minimum atomic E-state index is -0.428. The molecule has 0 spiro atoms. The molecule has 0 aliphatic heterocycles. The van der Waals surface area contributed by atoms with Crippen LogP contribution in [0.3, 0.4) is 0 Å². The molecule has 2 aromatic heterocycles. The second-order valence-corrected chi connectivity index (χ2v) is 8.89. The maximum atomic E-state index is 12.6. The van der Waals surface area contributed by atoms with Crippen LogP contribution in [0.1, 0.15) is 43.5 Å². The predicted octanol–water partition coefficient (Wildman–Crippen LogP) is 3.52. The number of aromatic nitrogens is 4. The molecular formula is C20H19ClN4O3S. The minimum Gasteiger partial charge on any atom is -0.493 e. The van der Waals surface area contributed by atoms with Crippen molar-refractivity contribution in [2.24, 2.45) is 0 Å². The van der Waals surface area contributed by atoms with Gasteiger partial charge in [-0.15, -0.1) is 11.8 Å². The summed E-state index contributed by atoms with van der Waals surface area (Å²) in [5, 5.41) is 1.63. The van der Waals surface area contributed by atoms with E-state index in [1.54, 1.807) is 16.7 Å². The number of hydrogen-bond acceptors (Lipinski definition) is 6. The summed E-state index contributed by atoms with van der Waals surface area (Å²) in [7, 11) is 0. The van der Waals surface area contributed by atoms with E-state index >= 15 is 0 Å². The van der Waals surface area contributed by atoms with Crippen molar-refractivity contribution in [2.75, 3.05) is 12.4 Å². The molecule has 0 amide bonds. The molecule has 0 bridgehead atoms. The van der Waals surface area contributed by atoms with Crippen LogP contribution in [-0.4, -0.2) is 31.9 Å². The number of halogens is 1. The highest BCUT2D eigenvalue weighted by molar-refractivity contribution is 7.99. The number of ether oxygens (including phenoxy) is 1. The van der Waals surface area contributed by atoms with Crippen molar-refractivity contribution in [3.8, 4) is 5.75 Å². The monoisotopic (exact) mass is 430 g/mol. The zero-order chi connectivity index (χ0) is 20.0. The molecule has 2 heterocycles. The molecule has 29 heavy (non-hydrogen) atoms. The Morgan fingerprint density at radius 2 is 2.03 bits per heavy atom. The van der Waals surface area contributed by atoms with Gasteiger partial charge >= 0.3 is 5.69 Å². The first-order valence-corrected chi connectivity index (χ1v) is 11.0. The first kappa shape index (κ1) is 18.7. The van der Waals surface area contributed by atoms with E-state index in [0.717, 1.165) is 31.5 Å². The molecule has 7 nitrogen and oxygen atoms in total. The van der Waals surface area contributed by atoms with E-state index in [1.165, 1.54) is 11.8 Å². The maximum absolute atomic E-state index is 12.6. The van der Waals surface area contributed by atoms with Gasteiger partial charge in [0.1, 0.15) is 22.0 Å². The van der Waals surface area contributed by atoms with Gasteiger partial charge in [0.15, 0.2) is 5.65 Å². The van der Waals surface area contributed by atoms with Crippen molar-refractivity contribution >= 4 is 34.4 Å². The lowest BCUT2D eigenvalue weighted by Gasteiger charge is -2.12. The number of aromatic amines is 1. The Morgan fingerprint density at radius 1 is 1.21 bits per heavy atom. The first-order chi connectivity index (χ1) is 14.1. The van der Waals surface area contributed by atoms with Crippen molar-refractivity contribution in [3.63, 3.8) is 0 Å². The highest BCUT2D eigenvalue weighted by Gasteiger charge is 2.32. The molecule has 1 N–H and O–H groups in total. The smallest absolute Gasteiger partial charge is 0.330 e. The number of benzene rings is 1. The van der Waals surface area contributed by atoms with E-state index in [0.29, 0.717) is 45.1 Å². The van der Waals surface area contributed by atoms with Gasteiger partial charge in [-0.2, -0.15) is 0 Å². The number of nitrogens with one attached hydrogen (secondary N) is 1. The van der Waals surface area contributed by atoms with Crippen LogP contribution in [-0.2, 0) is 0 Å². The molecule has 0 saturated heterocycles. The number of H-pyrrole nitrogens is 1. The summed E-state index contributed by atoms with van der Waals surface area (Å²) in [6, 6.07) is 7.35. The maximum Gasteiger partial charge on any atom is 0.330 e. The largest absolute Gasteiger partial charge is 0.493 e. The van der Waals surface area contributed by atoms with Gasteiger partial charge < -0.3 is 4.74 Å². The molecule has 5 rings (SSSR count). The number of rotatable bonds is 7. The van der Waals surface area contributed by atoms with Crippen molar-refractivity contribution in [1.82, 2.24) is 19.5 Å². The average Bonchev–Trinajstić information content (AvgIpc) is 3.58. The highest BCUT2D eigenvalue weighted by Crippen LogP contribution is 2.40. The number of hydrogen-bond donors (Lipinski definition) is 1. The van der Waals surface area contributed by atoms with Crippen LogP contribution in [0.25, 0.3) is 11.0 Å². The van der Waals surface area contributed by atoms with E-state index in [4.69, 9.17) is 16.3 Å². The SMILES string of the molecule is O=c1[nH]c(=O)n(C2CC2)c2nc(C3CC3)nc(SCCOc3cccc(Cl)c3)c12. The van der Waals surface area contributed by atoms with Gasteiger partial charge in [-0.1, -0.05) is 17.7 Å². The van der Waals surface area contributed by atoms with E-state index in [2.05, 4.69) is 15.0 Å². The average molecular weight is 431 g/mol. The predicted molar refractivity (Wildman–Crippen MR) is 112 cm³/mol. The molecule has 0 atom stereocenters. The van der Waals surface area contributed by atoms with E-state index < -0.39 is 5.56 Å². The second kappa shape index (κ2) is 7.50. The molecule has 2 aliphatic carbocycles. The normalized spacial score (nSPS) is 16.3. The first-order valence-electron chi connectivity index (χ1n) is 9.68. The summed E-state index contributed by atoms with van der Waals surface area (Å²) < 4.78 is 7.38. The molecule has 0 unspecified atom stereocenters. The van der Waals surface area contributed by atoms with Gasteiger partial charge in [-0.25, -0.2) is 14.8 Å². The topological polar surface area (TPSA) is 89.9 Å². The molecule has 9 heteroatoms. The molecule has 2 saturated carbocycles. The summed E-state index contributed by atoms with van der Waals surface area (Å²) in [6.07, 6.45) is 3.95. The van der Waals surface area contributed by atoms with Gasteiger partial charge in [0, 0.05) is 22.7 Å². The van der Waals surface area contributed by atoms with Crippen LogP contribution in [0.4, 0.5) is 0 Å². The zero-order valence-electron chi connectivity index (χ0n) is 15.6. The number of thioether (sulfide) groups is 1. The Balaban J connectivity index is 1.45. The lowest BCUT2D eigenvalue weighted by Crippen LogP contribution is -2.31. The van der Waals surface area contributed by atoms with E-state index in [-0.39, 0.29) is 11.7 Å². The number of fused-ring (bicyclic) bond motifs is 1. The molecule has 0 radical (unpaired) electrons. The fraction of sp³-hybridized carbons (Fsp3) is 0.400. The van der Waals surface area contributed by atoms with Crippen molar-refractivity contribution in [2.45, 2.75) is 42.7 Å². The third-order valence-corrected chi connectivity index (χ3v) is 6.18. The second-order valence-electron chi connectivity index (χ2n) is 7.37. The van der Waals surface area contributed by atoms with Crippen molar-refractivity contribution in [1.29, 1.82) is 0 Å². The van der Waals surface area contributed by atoms with Gasteiger partial charge in [0.25, 0.3) is 5.56 Å². The quantitative estimate of drug-likeness (QED) is 0.350. The van der Waals surface area contributed by atoms with Crippen molar-refractivity contribution in [3.05, 3.63) is 56.0 Å². The van der Waals surface area contributed by atoms with Crippen LogP contribution in [0.15, 0.2) is 38.9 Å². The molecular weight excluding hydrogens is 412 g/mol. The van der Waals surface area contributed by atoms with E-state index in [9.17, 15) is 9.59 Å². The Kier molecular flexibility index (Phi) is 4.83. The van der Waals surface area contributed by atoms with Crippen LogP contribution in [0.2, 0.25) is 5.02 Å². The highest BCUT2D eigenvalue weighted by atomic mass is 35.5. The standard InChI is InChI=1S/C20H19ClN4O3S/c21-12-2-1-3-14(10-12)28-8-9-29-19-15-17(22-16(23-19)11-4-5-11)25(13-6-7-13)20(27)24-18(15)26/h1-3,10-11,13H,4-9H2,(H,24,26,27). The van der Waals surface area contributed by atoms with Crippen LogP contribution < -0.4 is 16.0 Å².